The molecule has 0 aliphatic rings. The number of halogens is 2. The van der Waals surface area contributed by atoms with Gasteiger partial charge in [-0.15, -0.1) is 0 Å². The molecule has 19 heavy (non-hydrogen) atoms. The molecule has 2 aromatic carbocycles. The van der Waals surface area contributed by atoms with Gasteiger partial charge in [0.2, 0.25) is 0 Å². The van der Waals surface area contributed by atoms with Gasteiger partial charge in [0, 0.05) is 6.04 Å². The Kier molecular flexibility index (Phi) is 4.40. The van der Waals surface area contributed by atoms with Crippen molar-refractivity contribution in [3.63, 3.8) is 0 Å². The van der Waals surface area contributed by atoms with Crippen LogP contribution in [0.25, 0.3) is 0 Å². The second-order valence-electron chi connectivity index (χ2n) is 4.26. The van der Waals surface area contributed by atoms with Crippen LogP contribution in [0.4, 0.5) is 4.39 Å². The van der Waals surface area contributed by atoms with Crippen molar-refractivity contribution in [2.45, 2.75) is 19.4 Å². The molecule has 0 fully saturated rings. The molecule has 1 unspecified atom stereocenters. The van der Waals surface area contributed by atoms with Crippen LogP contribution in [0.3, 0.4) is 0 Å². The van der Waals surface area contributed by atoms with E-state index >= 15 is 0 Å². The molecule has 0 aromatic heterocycles. The molecule has 0 aliphatic heterocycles. The highest BCUT2D eigenvalue weighted by molar-refractivity contribution is 6.32. The summed E-state index contributed by atoms with van der Waals surface area (Å²) in [5.74, 6) is 0.679. The molecule has 0 heterocycles. The maximum absolute atomic E-state index is 12.9. The standard InChI is InChI=1S/C15H15ClFNO/c1-2-14(18)10-3-6-12(7-4-10)19-15-8-5-11(17)9-13(15)16/h3-9,14H,2,18H2,1H3. The van der Waals surface area contributed by atoms with Crippen LogP contribution in [0.1, 0.15) is 24.9 Å². The zero-order chi connectivity index (χ0) is 13.8. The van der Waals surface area contributed by atoms with Crippen LogP contribution in [0.5, 0.6) is 11.5 Å². The third kappa shape index (κ3) is 3.46. The third-order valence-electron chi connectivity index (χ3n) is 2.87. The fourth-order valence-corrected chi connectivity index (χ4v) is 1.91. The van der Waals surface area contributed by atoms with Gasteiger partial charge in [-0.25, -0.2) is 4.39 Å². The first-order chi connectivity index (χ1) is 9.10. The summed E-state index contributed by atoms with van der Waals surface area (Å²) in [7, 11) is 0. The topological polar surface area (TPSA) is 35.2 Å². The zero-order valence-corrected chi connectivity index (χ0v) is 11.3. The van der Waals surface area contributed by atoms with Gasteiger partial charge >= 0.3 is 0 Å². The van der Waals surface area contributed by atoms with Crippen LogP contribution in [0, 0.1) is 5.82 Å². The molecule has 0 saturated heterocycles. The van der Waals surface area contributed by atoms with Crippen LogP contribution in [-0.2, 0) is 0 Å². The SMILES string of the molecule is CCC(N)c1ccc(Oc2ccc(F)cc2Cl)cc1. The van der Waals surface area contributed by atoms with Crippen molar-refractivity contribution in [1.82, 2.24) is 0 Å². The van der Waals surface area contributed by atoms with E-state index in [1.807, 2.05) is 31.2 Å². The van der Waals surface area contributed by atoms with E-state index in [2.05, 4.69) is 0 Å². The Balaban J connectivity index is 2.15. The van der Waals surface area contributed by atoms with E-state index in [0.717, 1.165) is 12.0 Å². The average molecular weight is 280 g/mol. The van der Waals surface area contributed by atoms with Gasteiger partial charge in [0.25, 0.3) is 0 Å². The van der Waals surface area contributed by atoms with E-state index in [1.54, 1.807) is 0 Å². The van der Waals surface area contributed by atoms with Gasteiger partial charge in [0.1, 0.15) is 17.3 Å². The van der Waals surface area contributed by atoms with E-state index < -0.39 is 0 Å². The Labute approximate surface area is 117 Å². The molecular formula is C15H15ClFNO. The van der Waals surface area contributed by atoms with Crippen LogP contribution in [0.15, 0.2) is 42.5 Å². The first kappa shape index (κ1) is 13.8. The second-order valence-corrected chi connectivity index (χ2v) is 4.67. The number of benzene rings is 2. The summed E-state index contributed by atoms with van der Waals surface area (Å²) in [5.41, 5.74) is 6.99. The fraction of sp³-hybridized carbons (Fsp3) is 0.200. The molecule has 1 atom stereocenters. The minimum Gasteiger partial charge on any atom is -0.456 e. The van der Waals surface area contributed by atoms with Gasteiger partial charge in [-0.3, -0.25) is 0 Å². The van der Waals surface area contributed by atoms with E-state index in [4.69, 9.17) is 22.1 Å². The molecule has 0 aliphatic carbocycles. The highest BCUT2D eigenvalue weighted by Gasteiger charge is 2.06. The van der Waals surface area contributed by atoms with E-state index in [-0.39, 0.29) is 16.9 Å². The number of nitrogens with two attached hydrogens (primary N) is 1. The predicted octanol–water partition coefficient (Wildman–Crippen LogP) is 4.68. The Morgan fingerprint density at radius 1 is 1.21 bits per heavy atom. The molecule has 2 nitrogen and oxygen atoms in total. The highest BCUT2D eigenvalue weighted by atomic mass is 35.5. The van der Waals surface area contributed by atoms with E-state index in [1.165, 1.54) is 18.2 Å². The van der Waals surface area contributed by atoms with Crippen molar-refractivity contribution in [3.8, 4) is 11.5 Å². The summed E-state index contributed by atoms with van der Waals surface area (Å²) in [4.78, 5) is 0. The maximum Gasteiger partial charge on any atom is 0.146 e. The first-order valence-electron chi connectivity index (χ1n) is 6.08. The summed E-state index contributed by atoms with van der Waals surface area (Å²) in [6.45, 7) is 2.04. The summed E-state index contributed by atoms with van der Waals surface area (Å²) in [5, 5.41) is 0.245. The molecule has 2 N–H and O–H groups in total. The lowest BCUT2D eigenvalue weighted by Gasteiger charge is -2.11. The quantitative estimate of drug-likeness (QED) is 0.882. The van der Waals surface area contributed by atoms with E-state index in [0.29, 0.717) is 11.5 Å². The maximum atomic E-state index is 12.9. The van der Waals surface area contributed by atoms with Crippen LogP contribution < -0.4 is 10.5 Å². The molecule has 0 spiro atoms. The van der Waals surface area contributed by atoms with Gasteiger partial charge < -0.3 is 10.5 Å². The van der Waals surface area contributed by atoms with Crippen molar-refractivity contribution in [3.05, 3.63) is 58.9 Å². The van der Waals surface area contributed by atoms with Gasteiger partial charge in [-0.2, -0.15) is 0 Å². The summed E-state index contributed by atoms with van der Waals surface area (Å²) >= 11 is 5.90. The molecule has 4 heteroatoms. The number of hydrogen-bond donors (Lipinski definition) is 1. The molecule has 0 amide bonds. The lowest BCUT2D eigenvalue weighted by molar-refractivity contribution is 0.480. The monoisotopic (exact) mass is 279 g/mol. The van der Waals surface area contributed by atoms with Gasteiger partial charge in [0.15, 0.2) is 0 Å². The molecule has 0 bridgehead atoms. The summed E-state index contributed by atoms with van der Waals surface area (Å²) in [6.07, 6.45) is 0.879. The Morgan fingerprint density at radius 3 is 2.47 bits per heavy atom. The molecule has 0 saturated carbocycles. The molecule has 100 valence electrons. The van der Waals surface area contributed by atoms with Crippen LogP contribution in [0.2, 0.25) is 5.02 Å². The van der Waals surface area contributed by atoms with Crippen molar-refractivity contribution in [2.24, 2.45) is 5.73 Å². The molecular weight excluding hydrogens is 265 g/mol. The molecule has 0 radical (unpaired) electrons. The largest absolute Gasteiger partial charge is 0.456 e. The van der Waals surface area contributed by atoms with Crippen molar-refractivity contribution in [2.75, 3.05) is 0 Å². The summed E-state index contributed by atoms with van der Waals surface area (Å²) in [6, 6.07) is 11.5. The normalized spacial score (nSPS) is 12.2. The van der Waals surface area contributed by atoms with Crippen molar-refractivity contribution >= 4 is 11.6 Å². The van der Waals surface area contributed by atoms with Crippen molar-refractivity contribution in [1.29, 1.82) is 0 Å². The lowest BCUT2D eigenvalue weighted by atomic mass is 10.1. The minimum absolute atomic E-state index is 0.0310. The Bertz CT molecular complexity index is 557. The zero-order valence-electron chi connectivity index (χ0n) is 10.6. The fourth-order valence-electron chi connectivity index (χ4n) is 1.70. The van der Waals surface area contributed by atoms with Gasteiger partial charge in [-0.1, -0.05) is 30.7 Å². The molecule has 2 rings (SSSR count). The smallest absolute Gasteiger partial charge is 0.146 e. The van der Waals surface area contributed by atoms with E-state index in [9.17, 15) is 4.39 Å². The first-order valence-corrected chi connectivity index (χ1v) is 6.46. The third-order valence-corrected chi connectivity index (χ3v) is 3.17. The lowest BCUT2D eigenvalue weighted by Crippen LogP contribution is -2.08. The van der Waals surface area contributed by atoms with Gasteiger partial charge in [0.05, 0.1) is 5.02 Å². The summed E-state index contributed by atoms with van der Waals surface area (Å²) < 4.78 is 18.5. The second kappa shape index (κ2) is 6.04. The minimum atomic E-state index is -0.387. The van der Waals surface area contributed by atoms with Crippen molar-refractivity contribution < 1.29 is 9.13 Å². The van der Waals surface area contributed by atoms with Gasteiger partial charge in [-0.05, 0) is 42.3 Å². The van der Waals surface area contributed by atoms with Crippen LogP contribution >= 0.6 is 11.6 Å². The predicted molar refractivity (Wildman–Crippen MR) is 75.1 cm³/mol. The Morgan fingerprint density at radius 2 is 1.89 bits per heavy atom. The Hall–Kier alpha value is -1.58. The molecule has 2 aromatic rings. The number of ether oxygens (including phenoxy) is 1. The number of rotatable bonds is 4. The average Bonchev–Trinajstić information content (AvgIpc) is 2.42. The number of hydrogen-bond acceptors (Lipinski definition) is 2. The van der Waals surface area contributed by atoms with Crippen LogP contribution in [-0.4, -0.2) is 0 Å². The highest BCUT2D eigenvalue weighted by Crippen LogP contribution is 2.30.